The summed E-state index contributed by atoms with van der Waals surface area (Å²) in [4.78, 5) is 4.85. The van der Waals surface area contributed by atoms with Gasteiger partial charge < -0.3 is 14.9 Å². The Morgan fingerprint density at radius 1 is 1.00 bits per heavy atom. The number of pyridine rings is 1. The summed E-state index contributed by atoms with van der Waals surface area (Å²) in [6.45, 7) is 7.30. The van der Waals surface area contributed by atoms with Crippen LogP contribution in [-0.4, -0.2) is 23.3 Å². The van der Waals surface area contributed by atoms with E-state index in [0.717, 1.165) is 27.7 Å². The van der Waals surface area contributed by atoms with Crippen LogP contribution in [0.5, 0.6) is 17.2 Å². The molecule has 2 N–H and O–H groups in total. The zero-order valence-electron chi connectivity index (χ0n) is 13.9. The predicted molar refractivity (Wildman–Crippen MR) is 97.8 cm³/mol. The molecule has 1 aliphatic heterocycles. The number of phenolic OH excluding ortho intramolecular Hbond substituents is 2. The molecule has 5 heteroatoms. The average molecular weight is 337 g/mol. The molecule has 122 valence electrons. The van der Waals surface area contributed by atoms with Crippen LogP contribution < -0.4 is 9.92 Å². The van der Waals surface area contributed by atoms with Crippen molar-refractivity contribution in [3.63, 3.8) is 0 Å². The molecular formula is C19H19NO3Si. The zero-order chi connectivity index (χ0) is 17.1. The average Bonchev–Trinajstić information content (AvgIpc) is 2.51. The Morgan fingerprint density at radius 2 is 1.71 bits per heavy atom. The fourth-order valence-corrected chi connectivity index (χ4v) is 5.59. The number of hydrogen-bond acceptors (Lipinski definition) is 4. The Labute approximate surface area is 141 Å². The summed E-state index contributed by atoms with van der Waals surface area (Å²) in [5.41, 5.74) is 3.81. The van der Waals surface area contributed by atoms with Crippen LogP contribution in [0.25, 0.3) is 22.2 Å². The number of hydrogen-bond donors (Lipinski definition) is 2. The van der Waals surface area contributed by atoms with Crippen LogP contribution in [0.1, 0.15) is 5.56 Å². The van der Waals surface area contributed by atoms with Crippen molar-refractivity contribution in [2.24, 2.45) is 0 Å². The van der Waals surface area contributed by atoms with Crippen LogP contribution in [0.3, 0.4) is 0 Å². The second-order valence-electron chi connectivity index (χ2n) is 7.23. The minimum absolute atomic E-state index is 0.188. The van der Waals surface area contributed by atoms with E-state index >= 15 is 0 Å². The topological polar surface area (TPSA) is 62.6 Å². The van der Waals surface area contributed by atoms with Crippen LogP contribution >= 0.6 is 0 Å². The Morgan fingerprint density at radius 3 is 2.46 bits per heavy atom. The summed E-state index contributed by atoms with van der Waals surface area (Å²) in [5, 5.41) is 21.9. The highest BCUT2D eigenvalue weighted by atomic mass is 28.3. The number of benzene rings is 2. The third-order valence-corrected chi connectivity index (χ3v) is 6.48. The first-order valence-corrected chi connectivity index (χ1v) is 11.5. The molecule has 1 aromatic heterocycles. The van der Waals surface area contributed by atoms with Gasteiger partial charge in [-0.1, -0.05) is 19.6 Å². The molecule has 0 unspecified atom stereocenters. The number of fused-ring (bicyclic) bond motifs is 4. The lowest BCUT2D eigenvalue weighted by Crippen LogP contribution is -2.42. The largest absolute Gasteiger partial charge is 0.508 e. The van der Waals surface area contributed by atoms with Gasteiger partial charge in [-0.2, -0.15) is 0 Å². The number of aromatic hydroxyl groups is 2. The molecule has 2 aromatic carbocycles. The van der Waals surface area contributed by atoms with Gasteiger partial charge in [0.1, 0.15) is 23.9 Å². The summed E-state index contributed by atoms with van der Waals surface area (Å²) in [7, 11) is -1.71. The normalized spacial score (nSPS) is 13.3. The van der Waals surface area contributed by atoms with Gasteiger partial charge in [0.05, 0.1) is 19.3 Å². The maximum atomic E-state index is 9.94. The Balaban J connectivity index is 2.12. The van der Waals surface area contributed by atoms with Crippen molar-refractivity contribution in [3.8, 4) is 28.5 Å². The lowest BCUT2D eigenvalue weighted by atomic mass is 10.00. The number of ether oxygens (including phenoxy) is 1. The number of aromatic nitrogens is 1. The molecule has 4 nitrogen and oxygen atoms in total. The van der Waals surface area contributed by atoms with Crippen LogP contribution in [0.4, 0.5) is 0 Å². The van der Waals surface area contributed by atoms with Gasteiger partial charge in [-0.05, 0) is 35.5 Å². The van der Waals surface area contributed by atoms with Crippen LogP contribution in [0.15, 0.2) is 36.4 Å². The van der Waals surface area contributed by atoms with Crippen molar-refractivity contribution in [3.05, 3.63) is 42.0 Å². The molecule has 0 radical (unpaired) electrons. The SMILES string of the molecule is C[Si](C)(C)c1c2c(nc3ccc(O)cc13)-c1ccc(O)cc1OC2. The van der Waals surface area contributed by atoms with Gasteiger partial charge in [-0.3, -0.25) is 0 Å². The van der Waals surface area contributed by atoms with E-state index in [-0.39, 0.29) is 11.5 Å². The first-order valence-electron chi connectivity index (χ1n) is 7.97. The van der Waals surface area contributed by atoms with Crippen LogP contribution in [0, 0.1) is 0 Å². The maximum absolute atomic E-state index is 9.94. The van der Waals surface area contributed by atoms with E-state index in [1.54, 1.807) is 18.2 Å². The maximum Gasteiger partial charge on any atom is 0.132 e. The first-order chi connectivity index (χ1) is 11.3. The standard InChI is InChI=1S/C19H19NO3Si/c1-24(2,3)19-14-8-11(21)5-7-16(14)20-18-13-6-4-12(22)9-17(13)23-10-15(18)19/h4-9,21-22H,10H2,1-3H3. The third-order valence-electron chi connectivity index (χ3n) is 4.41. The molecule has 0 atom stereocenters. The lowest BCUT2D eigenvalue weighted by Gasteiger charge is -2.29. The molecule has 0 saturated carbocycles. The van der Waals surface area contributed by atoms with Gasteiger partial charge in [0.25, 0.3) is 0 Å². The van der Waals surface area contributed by atoms with Gasteiger partial charge >= 0.3 is 0 Å². The van der Waals surface area contributed by atoms with Crippen molar-refractivity contribution in [1.82, 2.24) is 4.98 Å². The molecule has 1 aliphatic rings. The Hall–Kier alpha value is -2.53. The van der Waals surface area contributed by atoms with Crippen molar-refractivity contribution in [1.29, 1.82) is 0 Å². The summed E-state index contributed by atoms with van der Waals surface area (Å²) >= 11 is 0. The molecule has 0 saturated heterocycles. The highest BCUT2D eigenvalue weighted by molar-refractivity contribution is 6.90. The first kappa shape index (κ1) is 15.0. The van der Waals surface area contributed by atoms with Crippen molar-refractivity contribution in [2.45, 2.75) is 26.2 Å². The predicted octanol–water partition coefficient (Wildman–Crippen LogP) is 3.75. The van der Waals surface area contributed by atoms with E-state index < -0.39 is 8.07 Å². The second-order valence-corrected chi connectivity index (χ2v) is 12.2. The van der Waals surface area contributed by atoms with Gasteiger partial charge in [0.15, 0.2) is 0 Å². The molecule has 4 rings (SSSR count). The highest BCUT2D eigenvalue weighted by Gasteiger charge is 2.30. The summed E-state index contributed by atoms with van der Waals surface area (Å²) in [5.74, 6) is 1.11. The minimum Gasteiger partial charge on any atom is -0.508 e. The summed E-state index contributed by atoms with van der Waals surface area (Å²) < 4.78 is 5.91. The molecular weight excluding hydrogens is 318 g/mol. The van der Waals surface area contributed by atoms with E-state index in [0.29, 0.717) is 12.4 Å². The van der Waals surface area contributed by atoms with Crippen molar-refractivity contribution >= 4 is 24.2 Å². The van der Waals surface area contributed by atoms with Crippen molar-refractivity contribution < 1.29 is 14.9 Å². The molecule has 24 heavy (non-hydrogen) atoms. The van der Waals surface area contributed by atoms with Crippen LogP contribution in [-0.2, 0) is 6.61 Å². The van der Waals surface area contributed by atoms with Gasteiger partial charge in [0.2, 0.25) is 0 Å². The van der Waals surface area contributed by atoms with Gasteiger partial charge in [0, 0.05) is 22.6 Å². The zero-order valence-corrected chi connectivity index (χ0v) is 14.9. The summed E-state index contributed by atoms with van der Waals surface area (Å²) in [6.07, 6.45) is 0. The quantitative estimate of drug-likeness (QED) is 0.664. The smallest absolute Gasteiger partial charge is 0.132 e. The molecule has 0 aliphatic carbocycles. The fourth-order valence-electron chi connectivity index (χ4n) is 3.49. The Bertz CT molecular complexity index is 976. The molecule has 0 fully saturated rings. The van der Waals surface area contributed by atoms with Crippen LogP contribution in [0.2, 0.25) is 19.6 Å². The number of phenols is 2. The van der Waals surface area contributed by atoms with E-state index in [4.69, 9.17) is 9.72 Å². The molecule has 0 bridgehead atoms. The van der Waals surface area contributed by atoms with E-state index in [9.17, 15) is 10.2 Å². The molecule has 3 aromatic rings. The second kappa shape index (κ2) is 4.98. The lowest BCUT2D eigenvalue weighted by molar-refractivity contribution is 0.301. The molecule has 0 amide bonds. The van der Waals surface area contributed by atoms with Crippen molar-refractivity contribution in [2.75, 3.05) is 0 Å². The number of nitrogens with zero attached hydrogens (tertiary/aromatic N) is 1. The third kappa shape index (κ3) is 2.24. The fraction of sp³-hybridized carbons (Fsp3) is 0.211. The Kier molecular flexibility index (Phi) is 3.12. The van der Waals surface area contributed by atoms with Gasteiger partial charge in [-0.15, -0.1) is 0 Å². The monoisotopic (exact) mass is 337 g/mol. The molecule has 2 heterocycles. The van der Waals surface area contributed by atoms with E-state index in [2.05, 4.69) is 19.6 Å². The highest BCUT2D eigenvalue weighted by Crippen LogP contribution is 2.39. The summed E-state index contributed by atoms with van der Waals surface area (Å²) in [6, 6.07) is 10.5. The molecule has 0 spiro atoms. The van der Waals surface area contributed by atoms with E-state index in [1.807, 2.05) is 18.2 Å². The number of rotatable bonds is 1. The minimum atomic E-state index is -1.71. The van der Waals surface area contributed by atoms with Gasteiger partial charge in [-0.25, -0.2) is 4.98 Å². The van der Waals surface area contributed by atoms with E-state index in [1.165, 1.54) is 5.19 Å².